The van der Waals surface area contributed by atoms with Crippen molar-refractivity contribution < 1.29 is 9.63 Å². The molecule has 6 heteroatoms. The van der Waals surface area contributed by atoms with Crippen molar-refractivity contribution in [1.29, 1.82) is 5.26 Å². The molecule has 5 nitrogen and oxygen atoms in total. The molecule has 2 aromatic heterocycles. The highest BCUT2D eigenvalue weighted by molar-refractivity contribution is 7.13. The predicted molar refractivity (Wildman–Crippen MR) is 78.9 cm³/mol. The van der Waals surface area contributed by atoms with E-state index in [2.05, 4.69) is 16.2 Å². The molecule has 104 valence electrons. The summed E-state index contributed by atoms with van der Waals surface area (Å²) in [6, 6.07) is 7.42. The second-order valence-corrected chi connectivity index (χ2v) is 5.57. The Hall–Kier alpha value is -2.65. The zero-order chi connectivity index (χ0) is 15.0. The van der Waals surface area contributed by atoms with E-state index in [0.717, 1.165) is 16.7 Å². The molecule has 0 atom stereocenters. The lowest BCUT2D eigenvalue weighted by Gasteiger charge is -2.04. The van der Waals surface area contributed by atoms with Crippen LogP contribution in [0.1, 0.15) is 16.7 Å². The maximum atomic E-state index is 9.80. The van der Waals surface area contributed by atoms with Crippen LogP contribution in [0.15, 0.2) is 28.1 Å². The fraction of sp³-hybridized carbons (Fsp3) is 0.133. The smallest absolute Gasteiger partial charge is 0.269 e. The van der Waals surface area contributed by atoms with Crippen LogP contribution in [0.5, 0.6) is 5.75 Å². The predicted octanol–water partition coefficient (Wildman–Crippen LogP) is 3.66. The summed E-state index contributed by atoms with van der Waals surface area (Å²) in [5, 5.41) is 24.6. The number of hydrogen-bond acceptors (Lipinski definition) is 6. The summed E-state index contributed by atoms with van der Waals surface area (Å²) >= 11 is 1.39. The highest BCUT2D eigenvalue weighted by Gasteiger charge is 2.16. The molecule has 0 amide bonds. The van der Waals surface area contributed by atoms with Gasteiger partial charge in [0, 0.05) is 5.56 Å². The molecule has 3 aromatic rings. The van der Waals surface area contributed by atoms with E-state index in [-0.39, 0.29) is 5.75 Å². The molecule has 0 saturated heterocycles. The lowest BCUT2D eigenvalue weighted by molar-refractivity contribution is 0.433. The molecular formula is C15H11N3O2S. The summed E-state index contributed by atoms with van der Waals surface area (Å²) in [6.07, 6.45) is 0. The largest absolute Gasteiger partial charge is 0.507 e. The maximum Gasteiger partial charge on any atom is 0.269 e. The van der Waals surface area contributed by atoms with Crippen molar-refractivity contribution in [2.75, 3.05) is 0 Å². The molecule has 0 unspecified atom stereocenters. The van der Waals surface area contributed by atoms with Crippen molar-refractivity contribution in [3.05, 3.63) is 40.3 Å². The van der Waals surface area contributed by atoms with Crippen LogP contribution in [0.2, 0.25) is 0 Å². The monoisotopic (exact) mass is 297 g/mol. The van der Waals surface area contributed by atoms with Crippen molar-refractivity contribution in [2.45, 2.75) is 13.8 Å². The first-order valence-electron chi connectivity index (χ1n) is 6.22. The van der Waals surface area contributed by atoms with Gasteiger partial charge in [0.15, 0.2) is 0 Å². The van der Waals surface area contributed by atoms with Gasteiger partial charge in [-0.15, -0.1) is 11.3 Å². The van der Waals surface area contributed by atoms with Gasteiger partial charge in [-0.3, -0.25) is 0 Å². The van der Waals surface area contributed by atoms with Crippen LogP contribution < -0.4 is 0 Å². The molecule has 0 saturated carbocycles. The summed E-state index contributed by atoms with van der Waals surface area (Å²) in [4.78, 5) is 5.01. The summed E-state index contributed by atoms with van der Waals surface area (Å²) in [6.45, 7) is 3.64. The Morgan fingerprint density at radius 3 is 2.67 bits per heavy atom. The Bertz CT molecular complexity index is 835. The summed E-state index contributed by atoms with van der Waals surface area (Å²) in [5.41, 5.74) is 2.80. The van der Waals surface area contributed by atoms with Gasteiger partial charge < -0.3 is 9.63 Å². The minimum absolute atomic E-state index is 0.271. The lowest BCUT2D eigenvalue weighted by atomic mass is 10.1. The van der Waals surface area contributed by atoms with Crippen LogP contribution >= 0.6 is 11.3 Å². The minimum Gasteiger partial charge on any atom is -0.507 e. The molecular weight excluding hydrogens is 286 g/mol. The molecule has 0 aliphatic heterocycles. The second kappa shape index (κ2) is 5.04. The SMILES string of the molecule is Cc1cc(-c2noc(-c3sccc3C#N)n2)cc(C)c1O. The third kappa shape index (κ3) is 2.28. The fourth-order valence-electron chi connectivity index (χ4n) is 2.08. The summed E-state index contributed by atoms with van der Waals surface area (Å²) in [5.74, 6) is 1.04. The number of phenols is 1. The first-order chi connectivity index (χ1) is 10.1. The lowest BCUT2D eigenvalue weighted by Crippen LogP contribution is -1.86. The third-order valence-electron chi connectivity index (χ3n) is 3.16. The number of hydrogen-bond donors (Lipinski definition) is 1. The quantitative estimate of drug-likeness (QED) is 0.780. The first kappa shape index (κ1) is 13.3. The van der Waals surface area contributed by atoms with Gasteiger partial charge >= 0.3 is 0 Å². The number of aryl methyl sites for hydroxylation is 2. The van der Waals surface area contributed by atoms with Gasteiger partial charge in [-0.1, -0.05) is 5.16 Å². The molecule has 0 bridgehead atoms. The van der Waals surface area contributed by atoms with E-state index in [1.165, 1.54) is 11.3 Å². The number of aromatic nitrogens is 2. The van der Waals surface area contributed by atoms with Crippen molar-refractivity contribution in [2.24, 2.45) is 0 Å². The standard InChI is InChI=1S/C15H11N3O2S/c1-8-5-11(6-9(2)12(8)19)14-17-15(20-18-14)13-10(7-16)3-4-21-13/h3-6,19H,1-2H3. The van der Waals surface area contributed by atoms with E-state index >= 15 is 0 Å². The highest BCUT2D eigenvalue weighted by Crippen LogP contribution is 2.31. The molecule has 0 aliphatic rings. The van der Waals surface area contributed by atoms with Crippen molar-refractivity contribution in [1.82, 2.24) is 10.1 Å². The van der Waals surface area contributed by atoms with Gasteiger partial charge in [0.1, 0.15) is 16.7 Å². The molecule has 2 heterocycles. The van der Waals surface area contributed by atoms with Crippen LogP contribution in [-0.2, 0) is 0 Å². The van der Waals surface area contributed by atoms with E-state index in [1.54, 1.807) is 18.2 Å². The summed E-state index contributed by atoms with van der Waals surface area (Å²) < 4.78 is 5.25. The Morgan fingerprint density at radius 2 is 2.00 bits per heavy atom. The highest BCUT2D eigenvalue weighted by atomic mass is 32.1. The average molecular weight is 297 g/mol. The van der Waals surface area contributed by atoms with Gasteiger partial charge in [-0.05, 0) is 48.6 Å². The number of aromatic hydroxyl groups is 1. The minimum atomic E-state index is 0.271. The Labute approximate surface area is 125 Å². The van der Waals surface area contributed by atoms with Crippen LogP contribution in [0, 0.1) is 25.2 Å². The average Bonchev–Trinajstić information content (AvgIpc) is 3.11. The van der Waals surface area contributed by atoms with Crippen molar-refractivity contribution >= 4 is 11.3 Å². The molecule has 3 rings (SSSR count). The molecule has 1 N–H and O–H groups in total. The zero-order valence-electron chi connectivity index (χ0n) is 11.4. The van der Waals surface area contributed by atoms with Crippen LogP contribution in [0.3, 0.4) is 0 Å². The summed E-state index contributed by atoms with van der Waals surface area (Å²) in [7, 11) is 0. The van der Waals surface area contributed by atoms with Gasteiger partial charge in [0.25, 0.3) is 5.89 Å². The topological polar surface area (TPSA) is 82.9 Å². The van der Waals surface area contributed by atoms with E-state index in [1.807, 2.05) is 19.2 Å². The van der Waals surface area contributed by atoms with Crippen molar-refractivity contribution in [3.8, 4) is 34.0 Å². The molecule has 0 spiro atoms. The number of benzene rings is 1. The zero-order valence-corrected chi connectivity index (χ0v) is 12.2. The Kier molecular flexibility index (Phi) is 3.20. The van der Waals surface area contributed by atoms with E-state index in [0.29, 0.717) is 22.2 Å². The second-order valence-electron chi connectivity index (χ2n) is 4.66. The van der Waals surface area contributed by atoms with Crippen molar-refractivity contribution in [3.63, 3.8) is 0 Å². The van der Waals surface area contributed by atoms with Gasteiger partial charge in [-0.25, -0.2) is 0 Å². The third-order valence-corrected chi connectivity index (χ3v) is 4.06. The molecule has 21 heavy (non-hydrogen) atoms. The first-order valence-corrected chi connectivity index (χ1v) is 7.10. The van der Waals surface area contributed by atoms with Crippen LogP contribution in [0.25, 0.3) is 22.2 Å². The number of phenolic OH excluding ortho intramolecular Hbond substituents is 1. The Balaban J connectivity index is 2.05. The normalized spacial score (nSPS) is 10.5. The fourth-order valence-corrected chi connectivity index (χ4v) is 2.85. The maximum absolute atomic E-state index is 9.80. The van der Waals surface area contributed by atoms with E-state index in [4.69, 9.17) is 9.78 Å². The number of nitrogens with zero attached hydrogens (tertiary/aromatic N) is 3. The molecule has 1 aromatic carbocycles. The van der Waals surface area contributed by atoms with Gasteiger partial charge in [0.2, 0.25) is 5.82 Å². The number of rotatable bonds is 2. The van der Waals surface area contributed by atoms with Gasteiger partial charge in [-0.2, -0.15) is 10.2 Å². The number of thiophene rings is 1. The van der Waals surface area contributed by atoms with Crippen LogP contribution in [0.4, 0.5) is 0 Å². The van der Waals surface area contributed by atoms with Gasteiger partial charge in [0.05, 0.1) is 5.56 Å². The van der Waals surface area contributed by atoms with E-state index in [9.17, 15) is 5.11 Å². The Morgan fingerprint density at radius 1 is 1.29 bits per heavy atom. The van der Waals surface area contributed by atoms with Crippen LogP contribution in [-0.4, -0.2) is 15.2 Å². The number of nitriles is 1. The molecule has 0 aliphatic carbocycles. The van der Waals surface area contributed by atoms with E-state index < -0.39 is 0 Å². The molecule has 0 radical (unpaired) electrons. The molecule has 0 fully saturated rings.